The largest absolute Gasteiger partial charge is 0.456 e. The molecule has 3 heteroatoms. The lowest BCUT2D eigenvalue weighted by molar-refractivity contribution is -0.0493. The van der Waals surface area contributed by atoms with Crippen LogP contribution >= 0.6 is 0 Å². The van der Waals surface area contributed by atoms with Gasteiger partial charge in [0, 0.05) is 0 Å². The summed E-state index contributed by atoms with van der Waals surface area (Å²) in [7, 11) is 0. The Morgan fingerprint density at radius 1 is 0.938 bits per heavy atom. The van der Waals surface area contributed by atoms with Gasteiger partial charge >= 0.3 is 5.97 Å². The minimum Gasteiger partial charge on any atom is -0.456 e. The van der Waals surface area contributed by atoms with Crippen molar-refractivity contribution in [2.75, 3.05) is 0 Å². The topological polar surface area (TPSA) is 26.3 Å². The standard InChI is InChI=1S/C29H37FO2/c1-3-8-20(4-2)24-15-16-25-19-28(27(30)18-26(25)17-24)32-29(31)23-13-11-22(12-14-23)21-9-6-5-7-10-21/h5-7,9-14,20,24-28H,3-4,8,15-19H2,1-2H3. The lowest BCUT2D eigenvalue weighted by Gasteiger charge is -2.45. The van der Waals surface area contributed by atoms with Gasteiger partial charge < -0.3 is 4.74 Å². The molecule has 0 aromatic heterocycles. The van der Waals surface area contributed by atoms with E-state index in [9.17, 15) is 4.79 Å². The fourth-order valence-electron chi connectivity index (χ4n) is 6.18. The molecule has 2 aliphatic rings. The summed E-state index contributed by atoms with van der Waals surface area (Å²) in [4.78, 5) is 12.7. The summed E-state index contributed by atoms with van der Waals surface area (Å²) in [6, 6.07) is 17.5. The third-order valence-electron chi connectivity index (χ3n) is 7.98. The number of fused-ring (bicyclic) bond motifs is 1. The van der Waals surface area contributed by atoms with Gasteiger partial charge in [-0.3, -0.25) is 0 Å². The van der Waals surface area contributed by atoms with Gasteiger partial charge in [-0.1, -0.05) is 75.6 Å². The highest BCUT2D eigenvalue weighted by atomic mass is 19.1. The highest BCUT2D eigenvalue weighted by molar-refractivity contribution is 5.90. The molecule has 0 amide bonds. The van der Waals surface area contributed by atoms with Crippen molar-refractivity contribution in [1.82, 2.24) is 0 Å². The summed E-state index contributed by atoms with van der Waals surface area (Å²) in [5.41, 5.74) is 2.65. The Morgan fingerprint density at radius 2 is 1.66 bits per heavy atom. The molecule has 2 aliphatic carbocycles. The fraction of sp³-hybridized carbons (Fsp3) is 0.552. The van der Waals surface area contributed by atoms with Gasteiger partial charge in [0.1, 0.15) is 12.3 Å². The Labute approximate surface area is 192 Å². The van der Waals surface area contributed by atoms with Gasteiger partial charge in [0.2, 0.25) is 0 Å². The minimum atomic E-state index is -1.05. The summed E-state index contributed by atoms with van der Waals surface area (Å²) < 4.78 is 20.8. The summed E-state index contributed by atoms with van der Waals surface area (Å²) in [6.45, 7) is 4.56. The van der Waals surface area contributed by atoms with Gasteiger partial charge in [-0.25, -0.2) is 9.18 Å². The average Bonchev–Trinajstić information content (AvgIpc) is 2.83. The Kier molecular flexibility index (Phi) is 7.65. The molecule has 0 aliphatic heterocycles. The number of rotatable bonds is 7. The van der Waals surface area contributed by atoms with Crippen LogP contribution in [0.5, 0.6) is 0 Å². The molecule has 2 aromatic rings. The van der Waals surface area contributed by atoms with Crippen molar-refractivity contribution in [3.63, 3.8) is 0 Å². The maximum atomic E-state index is 15.1. The van der Waals surface area contributed by atoms with Crippen molar-refractivity contribution < 1.29 is 13.9 Å². The van der Waals surface area contributed by atoms with E-state index in [-0.39, 0.29) is 0 Å². The lowest BCUT2D eigenvalue weighted by Crippen LogP contribution is -2.42. The smallest absolute Gasteiger partial charge is 0.338 e. The van der Waals surface area contributed by atoms with Gasteiger partial charge in [0.25, 0.3) is 0 Å². The van der Waals surface area contributed by atoms with Gasteiger partial charge in [-0.15, -0.1) is 0 Å². The Bertz CT molecular complexity index is 862. The summed E-state index contributed by atoms with van der Waals surface area (Å²) >= 11 is 0. The maximum absolute atomic E-state index is 15.1. The van der Waals surface area contributed by atoms with Crippen LogP contribution in [0.1, 0.15) is 75.6 Å². The first-order chi connectivity index (χ1) is 15.6. The van der Waals surface area contributed by atoms with Crippen LogP contribution in [-0.4, -0.2) is 18.2 Å². The van der Waals surface area contributed by atoms with Crippen molar-refractivity contribution in [2.24, 2.45) is 23.7 Å². The summed E-state index contributed by atoms with van der Waals surface area (Å²) in [6.07, 6.45) is 6.90. The number of carbonyl (C=O) groups is 1. The second kappa shape index (κ2) is 10.6. The molecule has 0 N–H and O–H groups in total. The maximum Gasteiger partial charge on any atom is 0.338 e. The number of alkyl halides is 1. The second-order valence-electron chi connectivity index (χ2n) is 9.92. The van der Waals surface area contributed by atoms with Crippen molar-refractivity contribution in [1.29, 1.82) is 0 Å². The van der Waals surface area contributed by atoms with Gasteiger partial charge in [-0.2, -0.15) is 0 Å². The van der Waals surface area contributed by atoms with Crippen LogP contribution in [0, 0.1) is 23.7 Å². The number of halogens is 1. The Morgan fingerprint density at radius 3 is 2.34 bits per heavy atom. The molecule has 0 radical (unpaired) electrons. The van der Waals surface area contributed by atoms with Crippen LogP contribution < -0.4 is 0 Å². The molecule has 0 heterocycles. The highest BCUT2D eigenvalue weighted by Gasteiger charge is 2.43. The molecule has 0 spiro atoms. The molecule has 2 fully saturated rings. The number of esters is 1. The number of hydrogen-bond donors (Lipinski definition) is 0. The van der Waals surface area contributed by atoms with E-state index in [0.29, 0.717) is 30.2 Å². The normalized spacial score (nSPS) is 28.5. The van der Waals surface area contributed by atoms with E-state index >= 15 is 4.39 Å². The molecule has 0 bridgehead atoms. The summed E-state index contributed by atoms with van der Waals surface area (Å²) in [5, 5.41) is 0. The van der Waals surface area contributed by atoms with Crippen molar-refractivity contribution >= 4 is 5.97 Å². The van der Waals surface area contributed by atoms with Crippen LogP contribution in [0.3, 0.4) is 0 Å². The average molecular weight is 437 g/mol. The molecule has 2 aromatic carbocycles. The zero-order valence-corrected chi connectivity index (χ0v) is 19.5. The molecule has 172 valence electrons. The molecule has 0 saturated heterocycles. The van der Waals surface area contributed by atoms with Crippen LogP contribution in [0.15, 0.2) is 54.6 Å². The third kappa shape index (κ3) is 5.24. The molecule has 2 saturated carbocycles. The Balaban J connectivity index is 1.34. The monoisotopic (exact) mass is 436 g/mol. The quantitative estimate of drug-likeness (QED) is 0.413. The molecule has 6 atom stereocenters. The van der Waals surface area contributed by atoms with Gasteiger partial charge in [-0.05, 0) is 79.0 Å². The van der Waals surface area contributed by atoms with Crippen LogP contribution in [0.4, 0.5) is 4.39 Å². The molecular weight excluding hydrogens is 399 g/mol. The summed E-state index contributed by atoms with van der Waals surface area (Å²) in [5.74, 6) is 2.08. The number of ether oxygens (including phenoxy) is 1. The van der Waals surface area contributed by atoms with E-state index in [1.54, 1.807) is 12.1 Å². The number of hydrogen-bond acceptors (Lipinski definition) is 2. The van der Waals surface area contributed by atoms with Crippen LogP contribution in [-0.2, 0) is 4.74 Å². The number of carbonyl (C=O) groups excluding carboxylic acids is 1. The van der Waals surface area contributed by atoms with Crippen LogP contribution in [0.2, 0.25) is 0 Å². The Hall–Kier alpha value is -2.16. The first kappa shape index (κ1) is 23.0. The zero-order chi connectivity index (χ0) is 22.5. The predicted molar refractivity (Wildman–Crippen MR) is 128 cm³/mol. The second-order valence-corrected chi connectivity index (χ2v) is 9.92. The zero-order valence-electron chi connectivity index (χ0n) is 19.5. The van der Waals surface area contributed by atoms with E-state index in [0.717, 1.165) is 35.8 Å². The van der Waals surface area contributed by atoms with Crippen molar-refractivity contribution in [3.8, 4) is 11.1 Å². The van der Waals surface area contributed by atoms with E-state index < -0.39 is 18.2 Å². The first-order valence-corrected chi connectivity index (χ1v) is 12.6. The van der Waals surface area contributed by atoms with E-state index in [2.05, 4.69) is 13.8 Å². The third-order valence-corrected chi connectivity index (χ3v) is 7.98. The van der Waals surface area contributed by atoms with Crippen molar-refractivity contribution in [2.45, 2.75) is 77.5 Å². The van der Waals surface area contributed by atoms with Crippen molar-refractivity contribution in [3.05, 3.63) is 60.2 Å². The molecule has 2 nitrogen and oxygen atoms in total. The predicted octanol–water partition coefficient (Wildman–Crippen LogP) is 7.87. The van der Waals surface area contributed by atoms with E-state index in [4.69, 9.17) is 4.74 Å². The van der Waals surface area contributed by atoms with Crippen LogP contribution in [0.25, 0.3) is 11.1 Å². The first-order valence-electron chi connectivity index (χ1n) is 12.6. The molecule has 32 heavy (non-hydrogen) atoms. The fourth-order valence-corrected chi connectivity index (χ4v) is 6.18. The van der Waals surface area contributed by atoms with E-state index in [1.807, 2.05) is 42.5 Å². The molecule has 6 unspecified atom stereocenters. The van der Waals surface area contributed by atoms with Gasteiger partial charge in [0.05, 0.1) is 5.56 Å². The van der Waals surface area contributed by atoms with E-state index in [1.165, 1.54) is 25.7 Å². The number of benzene rings is 2. The lowest BCUT2D eigenvalue weighted by atomic mass is 9.63. The molecular formula is C29H37FO2. The highest BCUT2D eigenvalue weighted by Crippen LogP contribution is 2.47. The van der Waals surface area contributed by atoms with Gasteiger partial charge in [0.15, 0.2) is 0 Å². The molecule has 4 rings (SSSR count). The SMILES string of the molecule is CCCC(CC)C1CCC2CC(OC(=O)c3ccc(-c4ccccc4)cc3)C(F)CC2C1. The minimum absolute atomic E-state index is 0.404.